The lowest BCUT2D eigenvalue weighted by Crippen LogP contribution is -2.50. The van der Waals surface area contributed by atoms with Crippen LogP contribution in [0.5, 0.6) is 0 Å². The summed E-state index contributed by atoms with van der Waals surface area (Å²) in [7, 11) is 0. The number of aliphatic hydroxyl groups is 1. The molecule has 1 heterocycles. The minimum atomic E-state index is -4.67. The van der Waals surface area contributed by atoms with Gasteiger partial charge in [0, 0.05) is 16.8 Å². The molecule has 0 amide bonds. The Morgan fingerprint density at radius 3 is 2.55 bits per heavy atom. The number of fused-ring (bicyclic) bond motifs is 1. The van der Waals surface area contributed by atoms with Crippen molar-refractivity contribution in [3.8, 4) is 0 Å². The van der Waals surface area contributed by atoms with Crippen LogP contribution in [0.15, 0.2) is 30.3 Å². The second kappa shape index (κ2) is 6.12. The molecule has 0 aliphatic rings. The summed E-state index contributed by atoms with van der Waals surface area (Å²) in [5.74, 6) is 0. The predicted molar refractivity (Wildman–Crippen MR) is 80.9 cm³/mol. The number of pyridine rings is 1. The van der Waals surface area contributed by atoms with Gasteiger partial charge in [0.25, 0.3) is 0 Å². The summed E-state index contributed by atoms with van der Waals surface area (Å²) in [4.78, 5) is 4.34. The number of anilines is 1. The Morgan fingerprint density at radius 1 is 1.18 bits per heavy atom. The number of nitrogens with one attached hydrogen (secondary N) is 1. The maximum absolute atomic E-state index is 13.1. The van der Waals surface area contributed by atoms with Crippen molar-refractivity contribution in [3.63, 3.8) is 0 Å². The topological polar surface area (TPSA) is 45.1 Å². The minimum Gasteiger partial charge on any atom is -0.381 e. The number of nitrogens with zero attached hydrogens (tertiary/aromatic N) is 1. The molecule has 2 rings (SSSR count). The predicted octanol–water partition coefficient (Wildman–Crippen LogP) is 4.05. The van der Waals surface area contributed by atoms with Crippen LogP contribution in [0.1, 0.15) is 25.5 Å². The summed E-state index contributed by atoms with van der Waals surface area (Å²) in [6.07, 6.45) is -4.77. The summed E-state index contributed by atoms with van der Waals surface area (Å²) in [5, 5.41) is 13.4. The highest BCUT2D eigenvalue weighted by Gasteiger charge is 2.52. The molecule has 0 aliphatic heterocycles. The zero-order chi connectivity index (χ0) is 16.4. The van der Waals surface area contributed by atoms with Crippen LogP contribution < -0.4 is 5.32 Å². The van der Waals surface area contributed by atoms with Gasteiger partial charge in [0.1, 0.15) is 0 Å². The lowest BCUT2D eigenvalue weighted by atomic mass is 9.97. The van der Waals surface area contributed by atoms with Crippen LogP contribution >= 0.6 is 0 Å². The maximum Gasteiger partial charge on any atom is 0.418 e. The number of aromatic nitrogens is 1. The number of rotatable bonds is 5. The van der Waals surface area contributed by atoms with Gasteiger partial charge in [-0.05, 0) is 37.6 Å². The average Bonchev–Trinajstić information content (AvgIpc) is 2.43. The van der Waals surface area contributed by atoms with E-state index in [1.165, 1.54) is 0 Å². The van der Waals surface area contributed by atoms with Crippen molar-refractivity contribution >= 4 is 16.6 Å². The van der Waals surface area contributed by atoms with E-state index in [1.54, 1.807) is 31.2 Å². The Morgan fingerprint density at radius 2 is 1.91 bits per heavy atom. The van der Waals surface area contributed by atoms with Crippen molar-refractivity contribution in [3.05, 3.63) is 36.0 Å². The smallest absolute Gasteiger partial charge is 0.381 e. The fourth-order valence-corrected chi connectivity index (χ4v) is 2.40. The van der Waals surface area contributed by atoms with Gasteiger partial charge in [0.05, 0.1) is 12.1 Å². The SMILES string of the molecule is CCCC(O)(CNc1cccc2nc(C)ccc12)C(F)(F)F. The molecule has 6 heteroatoms. The first-order chi connectivity index (χ1) is 10.3. The Bertz CT molecular complexity index is 657. The fraction of sp³-hybridized carbons (Fsp3) is 0.438. The van der Waals surface area contributed by atoms with Crippen molar-refractivity contribution in [2.45, 2.75) is 38.5 Å². The monoisotopic (exact) mass is 312 g/mol. The summed E-state index contributed by atoms with van der Waals surface area (Å²) < 4.78 is 39.2. The summed E-state index contributed by atoms with van der Waals surface area (Å²) in [6, 6.07) is 8.82. The van der Waals surface area contributed by atoms with E-state index in [1.807, 2.05) is 13.0 Å². The molecule has 3 nitrogen and oxygen atoms in total. The van der Waals surface area contributed by atoms with E-state index in [2.05, 4.69) is 10.3 Å². The van der Waals surface area contributed by atoms with Gasteiger partial charge in [0.2, 0.25) is 0 Å². The summed E-state index contributed by atoms with van der Waals surface area (Å²) in [6.45, 7) is 2.88. The van der Waals surface area contributed by atoms with E-state index in [-0.39, 0.29) is 12.8 Å². The third-order valence-corrected chi connectivity index (χ3v) is 3.63. The highest BCUT2D eigenvalue weighted by atomic mass is 19.4. The molecule has 1 unspecified atom stereocenters. The van der Waals surface area contributed by atoms with Crippen molar-refractivity contribution in [1.29, 1.82) is 0 Å². The summed E-state index contributed by atoms with van der Waals surface area (Å²) in [5.41, 5.74) is -0.663. The van der Waals surface area contributed by atoms with Crippen molar-refractivity contribution < 1.29 is 18.3 Å². The molecular weight excluding hydrogens is 293 g/mol. The number of hydrogen-bond donors (Lipinski definition) is 2. The van der Waals surface area contributed by atoms with Crippen molar-refractivity contribution in [2.24, 2.45) is 0 Å². The number of hydrogen-bond acceptors (Lipinski definition) is 3. The molecule has 0 spiro atoms. The van der Waals surface area contributed by atoms with Crippen molar-refractivity contribution in [2.75, 3.05) is 11.9 Å². The molecule has 2 N–H and O–H groups in total. The van der Waals surface area contributed by atoms with Gasteiger partial charge in [-0.3, -0.25) is 4.98 Å². The molecule has 22 heavy (non-hydrogen) atoms. The van der Waals surface area contributed by atoms with Crippen LogP contribution in [0.4, 0.5) is 18.9 Å². The molecule has 0 fully saturated rings. The van der Waals surface area contributed by atoms with Crippen LogP contribution in [0.2, 0.25) is 0 Å². The zero-order valence-corrected chi connectivity index (χ0v) is 12.5. The van der Waals surface area contributed by atoms with E-state index >= 15 is 0 Å². The average molecular weight is 312 g/mol. The molecule has 0 bridgehead atoms. The van der Waals surface area contributed by atoms with E-state index in [0.717, 1.165) is 11.1 Å². The van der Waals surface area contributed by atoms with Crippen LogP contribution in [-0.2, 0) is 0 Å². The van der Waals surface area contributed by atoms with Crippen LogP contribution in [0.3, 0.4) is 0 Å². The molecule has 0 saturated carbocycles. The van der Waals surface area contributed by atoms with E-state index in [4.69, 9.17) is 0 Å². The van der Waals surface area contributed by atoms with Gasteiger partial charge in [0.15, 0.2) is 5.60 Å². The second-order valence-electron chi connectivity index (χ2n) is 5.46. The maximum atomic E-state index is 13.1. The first kappa shape index (κ1) is 16.5. The first-order valence-corrected chi connectivity index (χ1v) is 7.16. The van der Waals surface area contributed by atoms with E-state index in [9.17, 15) is 18.3 Å². The Balaban J connectivity index is 2.27. The van der Waals surface area contributed by atoms with Crippen molar-refractivity contribution in [1.82, 2.24) is 4.98 Å². The van der Waals surface area contributed by atoms with Gasteiger partial charge in [-0.1, -0.05) is 19.4 Å². The van der Waals surface area contributed by atoms with Crippen LogP contribution in [-0.4, -0.2) is 28.4 Å². The fourth-order valence-electron chi connectivity index (χ4n) is 2.40. The van der Waals surface area contributed by atoms with E-state index < -0.39 is 18.3 Å². The lowest BCUT2D eigenvalue weighted by molar-refractivity contribution is -0.256. The van der Waals surface area contributed by atoms with Gasteiger partial charge in [-0.2, -0.15) is 13.2 Å². The number of halogens is 3. The quantitative estimate of drug-likeness (QED) is 0.875. The highest BCUT2D eigenvalue weighted by molar-refractivity contribution is 5.91. The number of benzene rings is 1. The first-order valence-electron chi connectivity index (χ1n) is 7.16. The normalized spacial score (nSPS) is 14.8. The molecular formula is C16H19F3N2O. The third-order valence-electron chi connectivity index (χ3n) is 3.63. The second-order valence-corrected chi connectivity index (χ2v) is 5.46. The highest BCUT2D eigenvalue weighted by Crippen LogP contribution is 2.35. The molecule has 2 aromatic rings. The Labute approximate surface area is 127 Å². The third kappa shape index (κ3) is 3.32. The molecule has 1 aromatic heterocycles. The van der Waals surface area contributed by atoms with Gasteiger partial charge < -0.3 is 10.4 Å². The molecule has 0 radical (unpaired) electrons. The molecule has 0 saturated heterocycles. The van der Waals surface area contributed by atoms with Gasteiger partial charge in [-0.15, -0.1) is 0 Å². The molecule has 0 aliphatic carbocycles. The molecule has 120 valence electrons. The standard InChI is InChI=1S/C16H19F3N2O/c1-3-9-15(22,16(17,18)19)10-20-13-5-4-6-14-12(13)8-7-11(2)21-14/h4-8,20,22H,3,9-10H2,1-2H3. The summed E-state index contributed by atoms with van der Waals surface area (Å²) >= 11 is 0. The Kier molecular flexibility index (Phi) is 4.60. The van der Waals surface area contributed by atoms with Crippen LogP contribution in [0.25, 0.3) is 10.9 Å². The van der Waals surface area contributed by atoms with Gasteiger partial charge >= 0.3 is 6.18 Å². The Hall–Kier alpha value is -1.82. The zero-order valence-electron chi connectivity index (χ0n) is 12.5. The molecule has 1 aromatic carbocycles. The number of alkyl halides is 3. The van der Waals surface area contributed by atoms with Gasteiger partial charge in [-0.25, -0.2) is 0 Å². The molecule has 1 atom stereocenters. The lowest BCUT2D eigenvalue weighted by Gasteiger charge is -2.31. The largest absolute Gasteiger partial charge is 0.418 e. The van der Waals surface area contributed by atoms with Crippen LogP contribution in [0, 0.1) is 6.92 Å². The number of aryl methyl sites for hydroxylation is 1. The minimum absolute atomic E-state index is 0.244. The van der Waals surface area contributed by atoms with E-state index in [0.29, 0.717) is 11.2 Å².